The Morgan fingerprint density at radius 3 is 1.72 bits per heavy atom. The van der Waals surface area contributed by atoms with Crippen molar-refractivity contribution in [3.8, 4) is 62.0 Å². The van der Waals surface area contributed by atoms with Crippen molar-refractivity contribution in [2.75, 3.05) is 0 Å². The minimum absolute atomic E-state index is 0.703. The van der Waals surface area contributed by atoms with Gasteiger partial charge in [-0.05, 0) is 53.6 Å². The minimum atomic E-state index is 0.703. The van der Waals surface area contributed by atoms with Gasteiger partial charge >= 0.3 is 0 Å². The highest BCUT2D eigenvalue weighted by Crippen LogP contribution is 2.38. The molecule has 0 unspecified atom stereocenters. The van der Waals surface area contributed by atoms with E-state index in [2.05, 4.69) is 91.0 Å². The van der Waals surface area contributed by atoms with E-state index >= 15 is 0 Å². The van der Waals surface area contributed by atoms with E-state index in [1.165, 1.54) is 0 Å². The van der Waals surface area contributed by atoms with Crippen molar-refractivity contribution >= 4 is 32.7 Å². The van der Waals surface area contributed by atoms with Crippen LogP contribution in [0.25, 0.3) is 94.7 Å². The summed E-state index contributed by atoms with van der Waals surface area (Å²) in [6.45, 7) is 0. The van der Waals surface area contributed by atoms with Gasteiger partial charge in [0.25, 0.3) is 0 Å². The summed E-state index contributed by atoms with van der Waals surface area (Å²) in [5.74, 6) is 0.703. The molecule has 0 bridgehead atoms. The van der Waals surface area contributed by atoms with Gasteiger partial charge in [0, 0.05) is 38.4 Å². The van der Waals surface area contributed by atoms with E-state index in [1.54, 1.807) is 4.80 Å². The van der Waals surface area contributed by atoms with Gasteiger partial charge in [0.05, 0.1) is 28.3 Å². The van der Waals surface area contributed by atoms with Gasteiger partial charge in [0.1, 0.15) is 11.0 Å². The standard InChI is InChI=1S/C47H30N6/c1-4-13-32(14-5-1)42-30-43(50-47(49-42)34-15-6-2-7-16-34)33-25-23-31(24-26-33)35-17-12-18-36(29-35)45-39-27-28-41-46(44(39)38-21-10-11-22-40(38)48-45)52-53(51-41)37-19-8-3-9-20-37/h1-30H. The molecule has 0 saturated carbocycles. The summed E-state index contributed by atoms with van der Waals surface area (Å²) < 4.78 is 0. The number of benzene rings is 7. The van der Waals surface area contributed by atoms with Crippen LogP contribution >= 0.6 is 0 Å². The summed E-state index contributed by atoms with van der Waals surface area (Å²) in [5.41, 5.74) is 12.5. The predicted molar refractivity (Wildman–Crippen MR) is 214 cm³/mol. The predicted octanol–water partition coefficient (Wildman–Crippen LogP) is 11.2. The van der Waals surface area contributed by atoms with Crippen molar-refractivity contribution in [2.24, 2.45) is 0 Å². The Morgan fingerprint density at radius 2 is 0.962 bits per heavy atom. The van der Waals surface area contributed by atoms with Crippen molar-refractivity contribution in [1.82, 2.24) is 29.9 Å². The van der Waals surface area contributed by atoms with Crippen LogP contribution in [0.5, 0.6) is 0 Å². The fourth-order valence-corrected chi connectivity index (χ4v) is 7.06. The lowest BCUT2D eigenvalue weighted by atomic mass is 9.96. The summed E-state index contributed by atoms with van der Waals surface area (Å²) in [6.07, 6.45) is 0. The molecule has 53 heavy (non-hydrogen) atoms. The maximum atomic E-state index is 5.23. The molecule has 0 N–H and O–H groups in total. The molecule has 0 aliphatic rings. The van der Waals surface area contributed by atoms with Gasteiger partial charge in [-0.15, -0.1) is 10.2 Å². The Morgan fingerprint density at radius 1 is 0.358 bits per heavy atom. The molecule has 7 aromatic carbocycles. The fraction of sp³-hybridized carbons (Fsp3) is 0. The van der Waals surface area contributed by atoms with Gasteiger partial charge in [0.15, 0.2) is 5.82 Å². The second kappa shape index (κ2) is 12.8. The number of hydrogen-bond donors (Lipinski definition) is 0. The first kappa shape index (κ1) is 30.5. The molecule has 3 aromatic heterocycles. The first-order valence-corrected chi connectivity index (χ1v) is 17.6. The Kier molecular flexibility index (Phi) is 7.36. The average molecular weight is 679 g/mol. The minimum Gasteiger partial charge on any atom is -0.247 e. The fourth-order valence-electron chi connectivity index (χ4n) is 7.06. The van der Waals surface area contributed by atoms with Crippen LogP contribution in [0.2, 0.25) is 0 Å². The molecule has 0 fully saturated rings. The second-order valence-electron chi connectivity index (χ2n) is 13.0. The lowest BCUT2D eigenvalue weighted by molar-refractivity contribution is 0.766. The number of pyridine rings is 1. The Hall–Kier alpha value is -7.31. The third-order valence-corrected chi connectivity index (χ3v) is 9.68. The highest BCUT2D eigenvalue weighted by Gasteiger charge is 2.17. The van der Waals surface area contributed by atoms with Crippen LogP contribution in [0.3, 0.4) is 0 Å². The number of nitrogens with zero attached hydrogens (tertiary/aromatic N) is 6. The van der Waals surface area contributed by atoms with Gasteiger partial charge in [-0.1, -0.05) is 140 Å². The Labute approximate surface area is 305 Å². The van der Waals surface area contributed by atoms with Crippen LogP contribution in [0, 0.1) is 0 Å². The zero-order chi connectivity index (χ0) is 35.1. The van der Waals surface area contributed by atoms with E-state index in [0.29, 0.717) is 5.82 Å². The van der Waals surface area contributed by atoms with E-state index in [9.17, 15) is 0 Å². The van der Waals surface area contributed by atoms with Crippen molar-refractivity contribution in [2.45, 2.75) is 0 Å². The number of hydrogen-bond acceptors (Lipinski definition) is 5. The highest BCUT2D eigenvalue weighted by atomic mass is 15.5. The van der Waals surface area contributed by atoms with Gasteiger partial charge in [-0.25, -0.2) is 15.0 Å². The van der Waals surface area contributed by atoms with Gasteiger partial charge in [0.2, 0.25) is 0 Å². The summed E-state index contributed by atoms with van der Waals surface area (Å²) in [4.78, 5) is 16.9. The zero-order valence-corrected chi connectivity index (χ0v) is 28.5. The van der Waals surface area contributed by atoms with Crippen LogP contribution in [-0.4, -0.2) is 29.9 Å². The van der Waals surface area contributed by atoms with Crippen LogP contribution in [0.4, 0.5) is 0 Å². The van der Waals surface area contributed by atoms with Crippen molar-refractivity contribution in [1.29, 1.82) is 0 Å². The van der Waals surface area contributed by atoms with Crippen LogP contribution < -0.4 is 0 Å². The van der Waals surface area contributed by atoms with Crippen LogP contribution in [0.15, 0.2) is 182 Å². The van der Waals surface area contributed by atoms with Crippen molar-refractivity contribution < 1.29 is 0 Å². The number of aromatic nitrogens is 6. The maximum Gasteiger partial charge on any atom is 0.160 e. The first-order chi connectivity index (χ1) is 26.2. The molecule has 0 spiro atoms. The molecule has 248 valence electrons. The molecule has 0 saturated heterocycles. The molecule has 0 atom stereocenters. The maximum absolute atomic E-state index is 5.23. The molecule has 3 heterocycles. The Bertz CT molecular complexity index is 2860. The van der Waals surface area contributed by atoms with Gasteiger partial charge < -0.3 is 0 Å². The van der Waals surface area contributed by atoms with E-state index < -0.39 is 0 Å². The monoisotopic (exact) mass is 678 g/mol. The smallest absolute Gasteiger partial charge is 0.160 e. The molecule has 0 aliphatic heterocycles. The SMILES string of the molecule is c1ccc(-c2cc(-c3ccc(-c4cccc(-c5nc6ccccc6c6c5ccc5nn(-c7ccccc7)nc56)c4)cc3)nc(-c3ccccc3)n2)cc1. The van der Waals surface area contributed by atoms with Crippen molar-refractivity contribution in [3.05, 3.63) is 182 Å². The summed E-state index contributed by atoms with van der Waals surface area (Å²) in [5, 5.41) is 13.0. The Balaban J connectivity index is 1.06. The average Bonchev–Trinajstić information content (AvgIpc) is 3.69. The normalized spacial score (nSPS) is 11.4. The number of para-hydroxylation sites is 2. The molecule has 0 radical (unpaired) electrons. The first-order valence-electron chi connectivity index (χ1n) is 17.6. The molecule has 0 aliphatic carbocycles. The lowest BCUT2D eigenvalue weighted by Gasteiger charge is -2.12. The number of fused-ring (bicyclic) bond motifs is 5. The van der Waals surface area contributed by atoms with Gasteiger partial charge in [-0.3, -0.25) is 0 Å². The molecular formula is C47H30N6. The van der Waals surface area contributed by atoms with E-state index in [4.69, 9.17) is 25.1 Å². The highest BCUT2D eigenvalue weighted by molar-refractivity contribution is 6.20. The third-order valence-electron chi connectivity index (χ3n) is 9.68. The molecule has 10 rings (SSSR count). The molecule has 0 amide bonds. The molecule has 6 nitrogen and oxygen atoms in total. The zero-order valence-electron chi connectivity index (χ0n) is 28.5. The largest absolute Gasteiger partial charge is 0.247 e. The summed E-state index contributed by atoms with van der Waals surface area (Å²) >= 11 is 0. The quantitative estimate of drug-likeness (QED) is 0.164. The lowest BCUT2D eigenvalue weighted by Crippen LogP contribution is -1.97. The van der Waals surface area contributed by atoms with E-state index in [0.717, 1.165) is 88.9 Å². The second-order valence-corrected chi connectivity index (χ2v) is 13.0. The summed E-state index contributed by atoms with van der Waals surface area (Å²) in [7, 11) is 0. The number of rotatable bonds is 6. The topological polar surface area (TPSA) is 69.4 Å². The van der Waals surface area contributed by atoms with Crippen LogP contribution in [-0.2, 0) is 0 Å². The van der Waals surface area contributed by atoms with Gasteiger partial charge in [-0.2, -0.15) is 4.80 Å². The molecule has 6 heteroatoms. The van der Waals surface area contributed by atoms with Crippen LogP contribution in [0.1, 0.15) is 0 Å². The van der Waals surface area contributed by atoms with Crippen molar-refractivity contribution in [3.63, 3.8) is 0 Å². The molecular weight excluding hydrogens is 649 g/mol. The van der Waals surface area contributed by atoms with E-state index in [-0.39, 0.29) is 0 Å². The third kappa shape index (κ3) is 5.59. The molecule has 10 aromatic rings. The van der Waals surface area contributed by atoms with E-state index in [1.807, 2.05) is 91.0 Å². The summed E-state index contributed by atoms with van der Waals surface area (Å²) in [6, 6.07) is 62.2.